The number of amides is 1. The van der Waals surface area contributed by atoms with Gasteiger partial charge in [0.1, 0.15) is 5.75 Å². The summed E-state index contributed by atoms with van der Waals surface area (Å²) in [7, 11) is 0. The Labute approximate surface area is 107 Å². The fraction of sp³-hybridized carbons (Fsp3) is 0.500. The van der Waals surface area contributed by atoms with Crippen LogP contribution in [0.25, 0.3) is 0 Å². The molecule has 1 aromatic carbocycles. The lowest BCUT2D eigenvalue weighted by atomic mass is 10.1. The zero-order valence-corrected chi connectivity index (χ0v) is 10.6. The molecule has 0 bridgehead atoms. The first-order valence-corrected chi connectivity index (χ1v) is 6.35. The summed E-state index contributed by atoms with van der Waals surface area (Å²) in [4.78, 5) is 13.6. The van der Waals surface area contributed by atoms with Gasteiger partial charge in [0.2, 0.25) is 0 Å². The molecule has 1 aliphatic heterocycles. The molecule has 1 amide bonds. The SMILES string of the molecule is C[C@H](O)c1cccc(OCC(=O)N2CCCC2)c1. The van der Waals surface area contributed by atoms with Crippen LogP contribution >= 0.6 is 0 Å². The van der Waals surface area contributed by atoms with Crippen LogP contribution in [0.15, 0.2) is 24.3 Å². The van der Waals surface area contributed by atoms with Crippen LogP contribution < -0.4 is 4.74 Å². The van der Waals surface area contributed by atoms with E-state index in [1.54, 1.807) is 19.1 Å². The van der Waals surface area contributed by atoms with Crippen molar-refractivity contribution < 1.29 is 14.6 Å². The van der Waals surface area contributed by atoms with Crippen molar-refractivity contribution in [1.29, 1.82) is 0 Å². The smallest absolute Gasteiger partial charge is 0.260 e. The maximum Gasteiger partial charge on any atom is 0.260 e. The lowest BCUT2D eigenvalue weighted by Gasteiger charge is -2.16. The third-order valence-electron chi connectivity index (χ3n) is 3.16. The molecular weight excluding hydrogens is 230 g/mol. The fourth-order valence-corrected chi connectivity index (χ4v) is 2.07. The molecule has 4 nitrogen and oxygen atoms in total. The molecule has 0 aromatic heterocycles. The number of hydrogen-bond donors (Lipinski definition) is 1. The Morgan fingerprint density at radius 1 is 1.44 bits per heavy atom. The molecule has 1 aromatic rings. The maximum absolute atomic E-state index is 11.8. The highest BCUT2D eigenvalue weighted by Gasteiger charge is 2.18. The van der Waals surface area contributed by atoms with Gasteiger partial charge >= 0.3 is 0 Å². The van der Waals surface area contributed by atoms with Crippen LogP contribution in [-0.4, -0.2) is 35.6 Å². The van der Waals surface area contributed by atoms with Crippen LogP contribution in [0.4, 0.5) is 0 Å². The first-order chi connectivity index (χ1) is 8.66. The molecule has 0 radical (unpaired) electrons. The second-order valence-electron chi connectivity index (χ2n) is 4.63. The Kier molecular flexibility index (Phi) is 4.20. The predicted molar refractivity (Wildman–Crippen MR) is 68.4 cm³/mol. The van der Waals surface area contributed by atoms with Crippen molar-refractivity contribution in [3.8, 4) is 5.75 Å². The molecule has 1 atom stereocenters. The van der Waals surface area contributed by atoms with Crippen LogP contribution in [0.2, 0.25) is 0 Å². The summed E-state index contributed by atoms with van der Waals surface area (Å²) in [5.74, 6) is 0.663. The first-order valence-electron chi connectivity index (χ1n) is 6.35. The fourth-order valence-electron chi connectivity index (χ4n) is 2.07. The molecule has 1 heterocycles. The van der Waals surface area contributed by atoms with Gasteiger partial charge in [-0.15, -0.1) is 0 Å². The van der Waals surface area contributed by atoms with Gasteiger partial charge in [-0.2, -0.15) is 0 Å². The van der Waals surface area contributed by atoms with Crippen molar-refractivity contribution >= 4 is 5.91 Å². The number of aliphatic hydroxyl groups is 1. The summed E-state index contributed by atoms with van der Waals surface area (Å²) in [5.41, 5.74) is 0.793. The summed E-state index contributed by atoms with van der Waals surface area (Å²) in [6, 6.07) is 7.21. The molecule has 4 heteroatoms. The highest BCUT2D eigenvalue weighted by molar-refractivity contribution is 5.78. The lowest BCUT2D eigenvalue weighted by Crippen LogP contribution is -2.32. The molecule has 1 fully saturated rings. The second kappa shape index (κ2) is 5.87. The Bertz CT molecular complexity index is 411. The van der Waals surface area contributed by atoms with Gasteiger partial charge in [0.15, 0.2) is 6.61 Å². The van der Waals surface area contributed by atoms with Crippen LogP contribution in [0.5, 0.6) is 5.75 Å². The van der Waals surface area contributed by atoms with Gasteiger partial charge < -0.3 is 14.7 Å². The average molecular weight is 249 g/mol. The number of benzene rings is 1. The minimum absolute atomic E-state index is 0.0370. The van der Waals surface area contributed by atoms with Crippen LogP contribution in [-0.2, 0) is 4.79 Å². The van der Waals surface area contributed by atoms with E-state index in [4.69, 9.17) is 4.74 Å². The number of carbonyl (C=O) groups excluding carboxylic acids is 1. The highest BCUT2D eigenvalue weighted by atomic mass is 16.5. The molecular formula is C14H19NO3. The van der Waals surface area contributed by atoms with Gasteiger partial charge in [0.25, 0.3) is 5.91 Å². The monoisotopic (exact) mass is 249 g/mol. The van der Waals surface area contributed by atoms with Crippen molar-refractivity contribution in [2.75, 3.05) is 19.7 Å². The number of carbonyl (C=O) groups is 1. The zero-order valence-electron chi connectivity index (χ0n) is 10.6. The molecule has 2 rings (SSSR count). The molecule has 0 saturated carbocycles. The van der Waals surface area contributed by atoms with E-state index in [1.165, 1.54) is 0 Å². The molecule has 0 unspecified atom stereocenters. The summed E-state index contributed by atoms with van der Waals surface area (Å²) in [5, 5.41) is 9.47. The van der Waals surface area contributed by atoms with Crippen LogP contribution in [0.3, 0.4) is 0 Å². The molecule has 0 aliphatic carbocycles. The number of aliphatic hydroxyl groups excluding tert-OH is 1. The van der Waals surface area contributed by atoms with E-state index in [0.717, 1.165) is 31.5 Å². The Hall–Kier alpha value is -1.55. The summed E-state index contributed by atoms with van der Waals surface area (Å²) < 4.78 is 5.47. The van der Waals surface area contributed by atoms with E-state index in [1.807, 2.05) is 17.0 Å². The molecule has 0 spiro atoms. The quantitative estimate of drug-likeness (QED) is 0.884. The Balaban J connectivity index is 1.89. The second-order valence-corrected chi connectivity index (χ2v) is 4.63. The van der Waals surface area contributed by atoms with E-state index in [0.29, 0.717) is 5.75 Å². The molecule has 1 N–H and O–H groups in total. The van der Waals surface area contributed by atoms with Crippen molar-refractivity contribution in [3.05, 3.63) is 29.8 Å². The Morgan fingerprint density at radius 3 is 2.83 bits per heavy atom. The number of rotatable bonds is 4. The van der Waals surface area contributed by atoms with Gasteiger partial charge in [-0.3, -0.25) is 4.79 Å². The van der Waals surface area contributed by atoms with E-state index in [2.05, 4.69) is 0 Å². The van der Waals surface area contributed by atoms with Gasteiger partial charge in [-0.1, -0.05) is 12.1 Å². The summed E-state index contributed by atoms with van der Waals surface area (Å²) in [6.07, 6.45) is 1.65. The van der Waals surface area contributed by atoms with Gasteiger partial charge in [-0.05, 0) is 37.5 Å². The van der Waals surface area contributed by atoms with Gasteiger partial charge in [-0.25, -0.2) is 0 Å². The molecule has 1 aliphatic rings. The van der Waals surface area contributed by atoms with Gasteiger partial charge in [0, 0.05) is 13.1 Å². The standard InChI is InChI=1S/C14H19NO3/c1-11(16)12-5-4-6-13(9-12)18-10-14(17)15-7-2-3-8-15/h4-6,9,11,16H,2-3,7-8,10H2,1H3/t11-/m0/s1. The number of ether oxygens (including phenoxy) is 1. The predicted octanol–water partition coefficient (Wildman–Crippen LogP) is 1.74. The van der Waals surface area contributed by atoms with Crippen molar-refractivity contribution in [2.24, 2.45) is 0 Å². The molecule has 98 valence electrons. The summed E-state index contributed by atoms with van der Waals surface area (Å²) in [6.45, 7) is 3.46. The third-order valence-corrected chi connectivity index (χ3v) is 3.16. The Morgan fingerprint density at radius 2 is 2.17 bits per heavy atom. The molecule has 1 saturated heterocycles. The van der Waals surface area contributed by atoms with Gasteiger partial charge in [0.05, 0.1) is 6.10 Å². The number of hydrogen-bond acceptors (Lipinski definition) is 3. The number of nitrogens with zero attached hydrogens (tertiary/aromatic N) is 1. The summed E-state index contributed by atoms with van der Waals surface area (Å²) >= 11 is 0. The van der Waals surface area contributed by atoms with Crippen molar-refractivity contribution in [1.82, 2.24) is 4.90 Å². The van der Waals surface area contributed by atoms with E-state index < -0.39 is 6.10 Å². The third kappa shape index (κ3) is 3.23. The number of likely N-dealkylation sites (tertiary alicyclic amines) is 1. The normalized spacial score (nSPS) is 16.7. The first kappa shape index (κ1) is 12.9. The van der Waals surface area contributed by atoms with Crippen molar-refractivity contribution in [3.63, 3.8) is 0 Å². The van der Waals surface area contributed by atoms with E-state index in [-0.39, 0.29) is 12.5 Å². The average Bonchev–Trinajstić information content (AvgIpc) is 2.90. The van der Waals surface area contributed by atoms with Crippen LogP contribution in [0.1, 0.15) is 31.4 Å². The topological polar surface area (TPSA) is 49.8 Å². The maximum atomic E-state index is 11.8. The largest absolute Gasteiger partial charge is 0.484 e. The minimum atomic E-state index is -0.525. The van der Waals surface area contributed by atoms with Crippen molar-refractivity contribution in [2.45, 2.75) is 25.9 Å². The minimum Gasteiger partial charge on any atom is -0.484 e. The lowest BCUT2D eigenvalue weighted by molar-refractivity contribution is -0.132. The highest BCUT2D eigenvalue weighted by Crippen LogP contribution is 2.19. The van der Waals surface area contributed by atoms with E-state index in [9.17, 15) is 9.90 Å². The zero-order chi connectivity index (χ0) is 13.0. The van der Waals surface area contributed by atoms with Crippen LogP contribution in [0, 0.1) is 0 Å². The molecule has 18 heavy (non-hydrogen) atoms. The van der Waals surface area contributed by atoms with E-state index >= 15 is 0 Å².